The molecule has 0 heterocycles. The molecule has 0 aliphatic heterocycles. The number of guanidine groups is 1. The summed E-state index contributed by atoms with van der Waals surface area (Å²) in [6.45, 7) is 4.69. The largest absolute Gasteiger partial charge is 0.357 e. The quantitative estimate of drug-likeness (QED) is 0.624. The van der Waals surface area contributed by atoms with Crippen molar-refractivity contribution in [2.45, 2.75) is 38.0 Å². The second-order valence-corrected chi connectivity index (χ2v) is 6.31. The summed E-state index contributed by atoms with van der Waals surface area (Å²) in [5, 5.41) is 6.70. The number of halogens is 1. The van der Waals surface area contributed by atoms with Crippen molar-refractivity contribution in [1.29, 1.82) is 0 Å². The molecular formula is C17H24FN3. The number of nitrogens with one attached hydrogen (secondary N) is 2. The maximum atomic E-state index is 13.4. The summed E-state index contributed by atoms with van der Waals surface area (Å²) < 4.78 is 13.4. The van der Waals surface area contributed by atoms with Gasteiger partial charge in [0, 0.05) is 18.5 Å². The second-order valence-electron chi connectivity index (χ2n) is 6.31. The van der Waals surface area contributed by atoms with Crippen LogP contribution in [0, 0.1) is 11.7 Å². The summed E-state index contributed by atoms with van der Waals surface area (Å²) in [4.78, 5) is 4.73. The van der Waals surface area contributed by atoms with Crippen LogP contribution in [0.4, 0.5) is 4.39 Å². The highest BCUT2D eigenvalue weighted by Crippen LogP contribution is 2.48. The monoisotopic (exact) mass is 289 g/mol. The average molecular weight is 289 g/mol. The molecule has 1 aromatic rings. The van der Waals surface area contributed by atoms with Gasteiger partial charge in [-0.3, -0.25) is 4.99 Å². The Hall–Kier alpha value is -1.58. The van der Waals surface area contributed by atoms with Gasteiger partial charge < -0.3 is 10.6 Å². The van der Waals surface area contributed by atoms with Crippen molar-refractivity contribution in [2.24, 2.45) is 10.9 Å². The molecule has 0 bridgehead atoms. The standard InChI is InChI=1S/C17H24FN3/c1-2-19-16(20-11-13-6-7-13)21-12-17(8-9-17)14-4-3-5-15(18)10-14/h3-5,10,13H,2,6-9,11-12H2,1H3,(H2,19,20,21). The van der Waals surface area contributed by atoms with E-state index in [1.165, 1.54) is 18.9 Å². The molecule has 0 radical (unpaired) electrons. The summed E-state index contributed by atoms with van der Waals surface area (Å²) >= 11 is 0. The van der Waals surface area contributed by atoms with Crippen molar-refractivity contribution in [3.63, 3.8) is 0 Å². The van der Waals surface area contributed by atoms with Crippen LogP contribution in [-0.2, 0) is 5.41 Å². The van der Waals surface area contributed by atoms with Crippen molar-refractivity contribution in [2.75, 3.05) is 19.6 Å². The zero-order chi connectivity index (χ0) is 14.7. The average Bonchev–Trinajstić information content (AvgIpc) is 3.37. The SMILES string of the molecule is CCNC(=NCC1(c2cccc(F)c2)CC1)NCC1CC1. The molecule has 2 aliphatic rings. The van der Waals surface area contributed by atoms with Crippen LogP contribution in [-0.4, -0.2) is 25.6 Å². The Labute approximate surface area is 126 Å². The third-order valence-corrected chi connectivity index (χ3v) is 4.43. The Kier molecular flexibility index (Phi) is 4.13. The highest BCUT2D eigenvalue weighted by atomic mass is 19.1. The molecule has 0 spiro atoms. The second kappa shape index (κ2) is 6.04. The Morgan fingerprint density at radius 3 is 2.76 bits per heavy atom. The Morgan fingerprint density at radius 1 is 1.33 bits per heavy atom. The molecule has 2 fully saturated rings. The van der Waals surface area contributed by atoms with Crippen LogP contribution < -0.4 is 10.6 Å². The van der Waals surface area contributed by atoms with E-state index in [4.69, 9.17) is 4.99 Å². The number of benzene rings is 1. The van der Waals surface area contributed by atoms with Crippen LogP contribution >= 0.6 is 0 Å². The highest BCUT2D eigenvalue weighted by molar-refractivity contribution is 5.79. The van der Waals surface area contributed by atoms with Gasteiger partial charge in [-0.15, -0.1) is 0 Å². The molecule has 3 rings (SSSR count). The Morgan fingerprint density at radius 2 is 2.14 bits per heavy atom. The van der Waals surface area contributed by atoms with Gasteiger partial charge in [-0.05, 0) is 56.2 Å². The van der Waals surface area contributed by atoms with Gasteiger partial charge in [0.2, 0.25) is 0 Å². The summed E-state index contributed by atoms with van der Waals surface area (Å²) in [6, 6.07) is 6.98. The molecule has 21 heavy (non-hydrogen) atoms. The fraction of sp³-hybridized carbons (Fsp3) is 0.588. The first-order valence-corrected chi connectivity index (χ1v) is 8.00. The van der Waals surface area contributed by atoms with Crippen molar-refractivity contribution in [3.8, 4) is 0 Å². The predicted octanol–water partition coefficient (Wildman–Crippen LogP) is 2.82. The zero-order valence-corrected chi connectivity index (χ0v) is 12.7. The number of hydrogen-bond donors (Lipinski definition) is 2. The van der Waals surface area contributed by atoms with E-state index in [9.17, 15) is 4.39 Å². The van der Waals surface area contributed by atoms with Gasteiger partial charge in [-0.1, -0.05) is 12.1 Å². The van der Waals surface area contributed by atoms with E-state index in [0.717, 1.165) is 49.9 Å². The molecule has 0 aromatic heterocycles. The van der Waals surface area contributed by atoms with E-state index < -0.39 is 0 Å². The fourth-order valence-corrected chi connectivity index (χ4v) is 2.64. The molecule has 0 unspecified atom stereocenters. The number of hydrogen-bond acceptors (Lipinski definition) is 1. The van der Waals surface area contributed by atoms with Crippen molar-refractivity contribution < 1.29 is 4.39 Å². The van der Waals surface area contributed by atoms with Gasteiger partial charge in [0.25, 0.3) is 0 Å². The maximum absolute atomic E-state index is 13.4. The van der Waals surface area contributed by atoms with Gasteiger partial charge in [0.05, 0.1) is 6.54 Å². The smallest absolute Gasteiger partial charge is 0.191 e. The van der Waals surface area contributed by atoms with Crippen LogP contribution in [0.1, 0.15) is 38.2 Å². The minimum atomic E-state index is -0.151. The lowest BCUT2D eigenvalue weighted by atomic mass is 9.96. The molecule has 4 heteroatoms. The summed E-state index contributed by atoms with van der Waals surface area (Å²) in [7, 11) is 0. The normalized spacial score (nSPS) is 20.2. The summed E-state index contributed by atoms with van der Waals surface area (Å²) in [6.07, 6.45) is 4.86. The minimum absolute atomic E-state index is 0.0596. The van der Waals surface area contributed by atoms with Crippen LogP contribution in [0.15, 0.2) is 29.3 Å². The van der Waals surface area contributed by atoms with E-state index >= 15 is 0 Å². The lowest BCUT2D eigenvalue weighted by Crippen LogP contribution is -2.39. The lowest BCUT2D eigenvalue weighted by Gasteiger charge is -2.16. The highest BCUT2D eigenvalue weighted by Gasteiger charge is 2.44. The molecule has 114 valence electrons. The van der Waals surface area contributed by atoms with E-state index in [-0.39, 0.29) is 11.2 Å². The van der Waals surface area contributed by atoms with Gasteiger partial charge in [-0.25, -0.2) is 4.39 Å². The summed E-state index contributed by atoms with van der Waals surface area (Å²) in [5.41, 5.74) is 1.15. The topological polar surface area (TPSA) is 36.4 Å². The molecule has 2 N–H and O–H groups in total. The first-order chi connectivity index (χ1) is 10.2. The molecule has 0 saturated heterocycles. The van der Waals surface area contributed by atoms with Gasteiger partial charge in [0.1, 0.15) is 5.82 Å². The summed E-state index contributed by atoms with van der Waals surface area (Å²) in [5.74, 6) is 1.57. The van der Waals surface area contributed by atoms with Crippen molar-refractivity contribution in [3.05, 3.63) is 35.6 Å². The molecule has 1 aromatic carbocycles. The minimum Gasteiger partial charge on any atom is -0.357 e. The molecule has 2 aliphatic carbocycles. The molecule has 2 saturated carbocycles. The van der Waals surface area contributed by atoms with Gasteiger partial charge >= 0.3 is 0 Å². The van der Waals surface area contributed by atoms with Crippen LogP contribution in [0.5, 0.6) is 0 Å². The van der Waals surface area contributed by atoms with E-state index in [1.54, 1.807) is 12.1 Å². The van der Waals surface area contributed by atoms with Gasteiger partial charge in [0.15, 0.2) is 5.96 Å². The van der Waals surface area contributed by atoms with Crippen LogP contribution in [0.3, 0.4) is 0 Å². The Balaban J connectivity index is 1.64. The predicted molar refractivity (Wildman–Crippen MR) is 84.0 cm³/mol. The van der Waals surface area contributed by atoms with Crippen molar-refractivity contribution in [1.82, 2.24) is 10.6 Å². The van der Waals surface area contributed by atoms with Crippen molar-refractivity contribution >= 4 is 5.96 Å². The van der Waals surface area contributed by atoms with Crippen LogP contribution in [0.2, 0.25) is 0 Å². The first kappa shape index (κ1) is 14.4. The molecule has 0 amide bonds. The van der Waals surface area contributed by atoms with Crippen LogP contribution in [0.25, 0.3) is 0 Å². The first-order valence-electron chi connectivity index (χ1n) is 8.00. The van der Waals surface area contributed by atoms with E-state index in [2.05, 4.69) is 17.6 Å². The molecule has 0 atom stereocenters. The molecular weight excluding hydrogens is 265 g/mol. The molecule has 3 nitrogen and oxygen atoms in total. The number of rotatable bonds is 6. The van der Waals surface area contributed by atoms with Gasteiger partial charge in [-0.2, -0.15) is 0 Å². The number of aliphatic imine (C=N–C) groups is 1. The third kappa shape index (κ3) is 3.74. The Bertz CT molecular complexity index is 519. The third-order valence-electron chi connectivity index (χ3n) is 4.43. The number of nitrogens with zero attached hydrogens (tertiary/aromatic N) is 1. The zero-order valence-electron chi connectivity index (χ0n) is 12.7. The van der Waals surface area contributed by atoms with E-state index in [1.807, 2.05) is 6.07 Å². The lowest BCUT2D eigenvalue weighted by molar-refractivity contribution is 0.615. The van der Waals surface area contributed by atoms with E-state index in [0.29, 0.717) is 0 Å². The maximum Gasteiger partial charge on any atom is 0.191 e. The fourth-order valence-electron chi connectivity index (χ4n) is 2.64.